The van der Waals surface area contributed by atoms with Gasteiger partial charge in [0.05, 0.1) is 0 Å². The molecule has 0 N–H and O–H groups in total. The molecule has 0 aliphatic carbocycles. The van der Waals surface area contributed by atoms with E-state index in [1.165, 1.54) is 5.56 Å². The van der Waals surface area contributed by atoms with Crippen LogP contribution in [0.4, 0.5) is 0 Å². The quantitative estimate of drug-likeness (QED) is 0.691. The summed E-state index contributed by atoms with van der Waals surface area (Å²) < 4.78 is 0. The SMILES string of the molecule is CC(C)(C#Cc1ccccc1)CCc1ccccc1. The molecule has 2 rings (SSSR count). The van der Waals surface area contributed by atoms with Crippen LogP contribution in [0.1, 0.15) is 31.4 Å². The molecule has 0 heteroatoms. The van der Waals surface area contributed by atoms with Gasteiger partial charge >= 0.3 is 0 Å². The van der Waals surface area contributed by atoms with Crippen molar-refractivity contribution >= 4 is 0 Å². The molecule has 2 aromatic rings. The summed E-state index contributed by atoms with van der Waals surface area (Å²) in [5.74, 6) is 6.67. The fraction of sp³-hybridized carbons (Fsp3) is 0.263. The van der Waals surface area contributed by atoms with Gasteiger partial charge in [-0.1, -0.05) is 60.4 Å². The van der Waals surface area contributed by atoms with E-state index in [0.29, 0.717) is 0 Å². The van der Waals surface area contributed by atoms with Gasteiger partial charge in [0.1, 0.15) is 0 Å². The Balaban J connectivity index is 1.98. The molecular formula is C19H20. The van der Waals surface area contributed by atoms with Crippen LogP contribution in [0.15, 0.2) is 60.7 Å². The van der Waals surface area contributed by atoms with E-state index >= 15 is 0 Å². The molecule has 0 bridgehead atoms. The minimum Gasteiger partial charge on any atom is -0.0917 e. The van der Waals surface area contributed by atoms with Gasteiger partial charge in [0.2, 0.25) is 0 Å². The van der Waals surface area contributed by atoms with Crippen molar-refractivity contribution in [2.24, 2.45) is 5.41 Å². The molecular weight excluding hydrogens is 228 g/mol. The van der Waals surface area contributed by atoms with E-state index in [1.807, 2.05) is 18.2 Å². The van der Waals surface area contributed by atoms with Gasteiger partial charge in [0, 0.05) is 11.0 Å². The lowest BCUT2D eigenvalue weighted by molar-refractivity contribution is 0.459. The standard InChI is InChI=1S/C19H20/c1-19(2,15-13-17-9-5-3-6-10-17)16-14-18-11-7-4-8-12-18/h3-12H,13,15H2,1-2H3. The third kappa shape index (κ3) is 4.64. The average Bonchev–Trinajstić information content (AvgIpc) is 2.46. The zero-order valence-corrected chi connectivity index (χ0v) is 11.7. The lowest BCUT2D eigenvalue weighted by atomic mass is 9.86. The highest BCUT2D eigenvalue weighted by atomic mass is 14.2. The number of aryl methyl sites for hydroxylation is 1. The van der Waals surface area contributed by atoms with Crippen LogP contribution in [0.25, 0.3) is 0 Å². The van der Waals surface area contributed by atoms with Crippen molar-refractivity contribution in [3.8, 4) is 11.8 Å². The number of benzene rings is 2. The Labute approximate surface area is 116 Å². The summed E-state index contributed by atoms with van der Waals surface area (Å²) in [6.07, 6.45) is 2.16. The molecule has 96 valence electrons. The largest absolute Gasteiger partial charge is 0.0917 e. The van der Waals surface area contributed by atoms with E-state index in [4.69, 9.17) is 0 Å². The van der Waals surface area contributed by atoms with Crippen LogP contribution in [0.2, 0.25) is 0 Å². The summed E-state index contributed by atoms with van der Waals surface area (Å²) in [5.41, 5.74) is 2.53. The van der Waals surface area contributed by atoms with Gasteiger partial charge in [-0.05, 0) is 44.4 Å². The molecule has 2 aromatic carbocycles. The summed E-state index contributed by atoms with van der Waals surface area (Å²) in [4.78, 5) is 0. The van der Waals surface area contributed by atoms with Crippen LogP contribution in [0.5, 0.6) is 0 Å². The zero-order valence-electron chi connectivity index (χ0n) is 11.7. The molecule has 0 spiro atoms. The van der Waals surface area contributed by atoms with Gasteiger partial charge in [0.25, 0.3) is 0 Å². The maximum absolute atomic E-state index is 3.40. The predicted octanol–water partition coefficient (Wildman–Crippen LogP) is 4.70. The van der Waals surface area contributed by atoms with Gasteiger partial charge in [-0.25, -0.2) is 0 Å². The Morgan fingerprint density at radius 1 is 0.842 bits per heavy atom. The zero-order chi connectivity index (χ0) is 13.6. The Morgan fingerprint density at radius 2 is 1.42 bits per heavy atom. The van der Waals surface area contributed by atoms with E-state index in [0.717, 1.165) is 18.4 Å². The minimum absolute atomic E-state index is 0.0473. The smallest absolute Gasteiger partial charge is 0.0265 e. The fourth-order valence-electron chi connectivity index (χ4n) is 1.93. The molecule has 0 unspecified atom stereocenters. The van der Waals surface area contributed by atoms with Crippen molar-refractivity contribution in [3.63, 3.8) is 0 Å². The molecule has 0 heterocycles. The van der Waals surface area contributed by atoms with Gasteiger partial charge in [-0.3, -0.25) is 0 Å². The lowest BCUT2D eigenvalue weighted by Crippen LogP contribution is -2.09. The predicted molar refractivity (Wildman–Crippen MR) is 81.9 cm³/mol. The average molecular weight is 248 g/mol. The van der Waals surface area contributed by atoms with Crippen molar-refractivity contribution in [1.29, 1.82) is 0 Å². The van der Waals surface area contributed by atoms with Gasteiger partial charge < -0.3 is 0 Å². The van der Waals surface area contributed by atoms with Crippen LogP contribution in [-0.2, 0) is 6.42 Å². The summed E-state index contributed by atoms with van der Waals surface area (Å²) in [6.45, 7) is 4.43. The van der Waals surface area contributed by atoms with Crippen molar-refractivity contribution in [3.05, 3.63) is 71.8 Å². The second kappa shape index (κ2) is 6.25. The third-order valence-electron chi connectivity index (χ3n) is 3.20. The molecule has 0 radical (unpaired) electrons. The topological polar surface area (TPSA) is 0 Å². The normalized spacial score (nSPS) is 10.6. The second-order valence-electron chi connectivity index (χ2n) is 5.49. The Hall–Kier alpha value is -2.00. The lowest BCUT2D eigenvalue weighted by Gasteiger charge is -2.17. The first-order valence-corrected chi connectivity index (χ1v) is 6.78. The van der Waals surface area contributed by atoms with Crippen molar-refractivity contribution in [2.75, 3.05) is 0 Å². The molecule has 0 aliphatic rings. The highest BCUT2D eigenvalue weighted by molar-refractivity contribution is 5.35. The second-order valence-corrected chi connectivity index (χ2v) is 5.49. The Kier molecular flexibility index (Phi) is 4.42. The van der Waals surface area contributed by atoms with Gasteiger partial charge in [0.15, 0.2) is 0 Å². The number of hydrogen-bond acceptors (Lipinski definition) is 0. The summed E-state index contributed by atoms with van der Waals surface area (Å²) in [7, 11) is 0. The maximum atomic E-state index is 3.40. The van der Waals surface area contributed by atoms with Crippen molar-refractivity contribution in [2.45, 2.75) is 26.7 Å². The molecule has 0 amide bonds. The fourth-order valence-corrected chi connectivity index (χ4v) is 1.93. The van der Waals surface area contributed by atoms with Gasteiger partial charge in [-0.2, -0.15) is 0 Å². The monoisotopic (exact) mass is 248 g/mol. The van der Waals surface area contributed by atoms with E-state index < -0.39 is 0 Å². The number of rotatable bonds is 3. The van der Waals surface area contributed by atoms with Crippen LogP contribution < -0.4 is 0 Å². The van der Waals surface area contributed by atoms with E-state index in [9.17, 15) is 0 Å². The first-order valence-electron chi connectivity index (χ1n) is 6.78. The number of hydrogen-bond donors (Lipinski definition) is 0. The van der Waals surface area contributed by atoms with Crippen LogP contribution in [0, 0.1) is 17.3 Å². The van der Waals surface area contributed by atoms with E-state index in [1.54, 1.807) is 0 Å². The summed E-state index contributed by atoms with van der Waals surface area (Å²) in [6, 6.07) is 20.8. The highest BCUT2D eigenvalue weighted by Gasteiger charge is 2.13. The first kappa shape index (κ1) is 13.4. The van der Waals surface area contributed by atoms with E-state index in [2.05, 4.69) is 68.2 Å². The van der Waals surface area contributed by atoms with Gasteiger partial charge in [-0.15, -0.1) is 0 Å². The molecule has 0 saturated carbocycles. The molecule has 0 nitrogen and oxygen atoms in total. The minimum atomic E-state index is 0.0473. The maximum Gasteiger partial charge on any atom is 0.0265 e. The summed E-state index contributed by atoms with van der Waals surface area (Å²) >= 11 is 0. The van der Waals surface area contributed by atoms with E-state index in [-0.39, 0.29) is 5.41 Å². The van der Waals surface area contributed by atoms with Crippen LogP contribution in [0.3, 0.4) is 0 Å². The molecule has 0 fully saturated rings. The molecule has 0 aliphatic heterocycles. The van der Waals surface area contributed by atoms with Crippen LogP contribution in [-0.4, -0.2) is 0 Å². The summed E-state index contributed by atoms with van der Waals surface area (Å²) in [5, 5.41) is 0. The van der Waals surface area contributed by atoms with Crippen LogP contribution >= 0.6 is 0 Å². The molecule has 0 aromatic heterocycles. The molecule has 0 saturated heterocycles. The Morgan fingerprint density at radius 3 is 2.05 bits per heavy atom. The third-order valence-corrected chi connectivity index (χ3v) is 3.20. The Bertz CT molecular complexity index is 553. The highest BCUT2D eigenvalue weighted by Crippen LogP contribution is 2.22. The molecule has 0 atom stereocenters. The first-order chi connectivity index (χ1) is 9.16. The van der Waals surface area contributed by atoms with Crippen molar-refractivity contribution < 1.29 is 0 Å². The molecule has 19 heavy (non-hydrogen) atoms. The van der Waals surface area contributed by atoms with Crippen molar-refractivity contribution in [1.82, 2.24) is 0 Å².